The van der Waals surface area contributed by atoms with Gasteiger partial charge in [-0.2, -0.15) is 0 Å². The van der Waals surface area contributed by atoms with Crippen LogP contribution in [-0.2, 0) is 12.8 Å². The van der Waals surface area contributed by atoms with Crippen molar-refractivity contribution < 1.29 is 4.39 Å². The molecule has 3 atom stereocenters. The molecule has 30 heavy (non-hydrogen) atoms. The summed E-state index contributed by atoms with van der Waals surface area (Å²) in [6, 6.07) is 20.3. The average Bonchev–Trinajstić information content (AvgIpc) is 2.79. The molecule has 164 valence electrons. The SMILES string of the molecule is CCCN(CCc1ccccc1)C(CC)CCc1ccc(C2CCCCC2F)cc1. The fourth-order valence-corrected chi connectivity index (χ4v) is 5.05. The van der Waals surface area contributed by atoms with E-state index < -0.39 is 6.17 Å². The number of rotatable bonds is 11. The van der Waals surface area contributed by atoms with E-state index in [4.69, 9.17) is 0 Å². The lowest BCUT2D eigenvalue weighted by molar-refractivity contribution is 0.183. The van der Waals surface area contributed by atoms with Crippen LogP contribution in [0.2, 0.25) is 0 Å². The molecule has 0 spiro atoms. The highest BCUT2D eigenvalue weighted by molar-refractivity contribution is 5.27. The molecule has 1 saturated carbocycles. The van der Waals surface area contributed by atoms with Crippen LogP contribution in [-0.4, -0.2) is 30.2 Å². The first-order chi connectivity index (χ1) is 14.7. The molecule has 1 fully saturated rings. The van der Waals surface area contributed by atoms with E-state index >= 15 is 0 Å². The predicted molar refractivity (Wildman–Crippen MR) is 127 cm³/mol. The number of alkyl halides is 1. The number of benzene rings is 2. The molecule has 2 heteroatoms. The quantitative estimate of drug-likeness (QED) is 0.375. The Bertz CT molecular complexity index is 711. The van der Waals surface area contributed by atoms with E-state index in [0.29, 0.717) is 6.04 Å². The summed E-state index contributed by atoms with van der Waals surface area (Å²) < 4.78 is 14.3. The molecule has 2 aromatic rings. The van der Waals surface area contributed by atoms with Crippen LogP contribution in [0.3, 0.4) is 0 Å². The number of hydrogen-bond donors (Lipinski definition) is 0. The molecule has 1 aliphatic rings. The first-order valence-electron chi connectivity index (χ1n) is 12.2. The minimum Gasteiger partial charge on any atom is -0.300 e. The zero-order valence-corrected chi connectivity index (χ0v) is 19.0. The van der Waals surface area contributed by atoms with Crippen molar-refractivity contribution in [3.8, 4) is 0 Å². The van der Waals surface area contributed by atoms with Gasteiger partial charge in [-0.25, -0.2) is 4.39 Å². The average molecular weight is 410 g/mol. The first-order valence-corrected chi connectivity index (χ1v) is 12.2. The molecule has 1 aliphatic carbocycles. The van der Waals surface area contributed by atoms with Gasteiger partial charge < -0.3 is 4.90 Å². The molecule has 0 radical (unpaired) electrons. The number of nitrogens with zero attached hydrogens (tertiary/aromatic N) is 1. The van der Waals surface area contributed by atoms with Crippen LogP contribution in [0.4, 0.5) is 4.39 Å². The Morgan fingerprint density at radius 1 is 0.867 bits per heavy atom. The van der Waals surface area contributed by atoms with Gasteiger partial charge in [-0.3, -0.25) is 0 Å². The van der Waals surface area contributed by atoms with Gasteiger partial charge in [0.25, 0.3) is 0 Å². The minimum atomic E-state index is -0.652. The number of halogens is 1. The van der Waals surface area contributed by atoms with Gasteiger partial charge in [-0.05, 0) is 68.2 Å². The largest absolute Gasteiger partial charge is 0.300 e. The van der Waals surface area contributed by atoms with E-state index in [0.717, 1.165) is 38.6 Å². The van der Waals surface area contributed by atoms with Crippen molar-refractivity contribution in [2.45, 2.75) is 89.8 Å². The molecular formula is C28H40FN. The van der Waals surface area contributed by atoms with Gasteiger partial charge in [0.15, 0.2) is 0 Å². The van der Waals surface area contributed by atoms with E-state index in [2.05, 4.69) is 73.3 Å². The second-order valence-corrected chi connectivity index (χ2v) is 9.02. The van der Waals surface area contributed by atoms with Gasteiger partial charge in [0.1, 0.15) is 6.17 Å². The first kappa shape index (κ1) is 23.0. The van der Waals surface area contributed by atoms with Crippen molar-refractivity contribution in [2.24, 2.45) is 0 Å². The lowest BCUT2D eigenvalue weighted by atomic mass is 9.82. The summed E-state index contributed by atoms with van der Waals surface area (Å²) in [5.74, 6) is 0.120. The third-order valence-corrected chi connectivity index (χ3v) is 6.88. The Hall–Kier alpha value is -1.67. The Morgan fingerprint density at radius 3 is 2.23 bits per heavy atom. The maximum atomic E-state index is 14.3. The smallest absolute Gasteiger partial charge is 0.107 e. The summed E-state index contributed by atoms with van der Waals surface area (Å²) in [6.45, 7) is 6.91. The fraction of sp³-hybridized carbons (Fsp3) is 0.571. The minimum absolute atomic E-state index is 0.120. The Balaban J connectivity index is 1.54. The second kappa shape index (κ2) is 12.2. The Morgan fingerprint density at radius 2 is 1.57 bits per heavy atom. The molecule has 0 heterocycles. The van der Waals surface area contributed by atoms with Crippen molar-refractivity contribution in [3.05, 3.63) is 71.3 Å². The Labute approximate surface area is 183 Å². The molecule has 3 unspecified atom stereocenters. The third-order valence-electron chi connectivity index (χ3n) is 6.88. The van der Waals surface area contributed by atoms with E-state index in [1.54, 1.807) is 0 Å². The van der Waals surface area contributed by atoms with E-state index in [-0.39, 0.29) is 5.92 Å². The Kier molecular flexibility index (Phi) is 9.39. The van der Waals surface area contributed by atoms with Crippen molar-refractivity contribution in [1.29, 1.82) is 0 Å². The standard InChI is InChI=1S/C28H40FN/c1-3-21-30(22-20-23-10-6-5-7-11-23)26(4-2)19-16-24-14-17-25(18-15-24)27-12-8-9-13-28(27)29/h5-7,10-11,14-15,17-18,26-28H,3-4,8-9,12-13,16,19-22H2,1-2H3. The fourth-order valence-electron chi connectivity index (χ4n) is 5.05. The normalized spacial score (nSPS) is 20.4. The summed E-state index contributed by atoms with van der Waals surface area (Å²) in [7, 11) is 0. The van der Waals surface area contributed by atoms with Crippen LogP contribution in [0.5, 0.6) is 0 Å². The van der Waals surface area contributed by atoms with Gasteiger partial charge in [0, 0.05) is 18.5 Å². The highest BCUT2D eigenvalue weighted by atomic mass is 19.1. The predicted octanol–water partition coefficient (Wildman–Crippen LogP) is 7.35. The molecule has 1 nitrogen and oxygen atoms in total. The van der Waals surface area contributed by atoms with Crippen LogP contribution >= 0.6 is 0 Å². The maximum Gasteiger partial charge on any atom is 0.107 e. The monoisotopic (exact) mass is 409 g/mol. The van der Waals surface area contributed by atoms with Gasteiger partial charge in [0.05, 0.1) is 0 Å². The summed E-state index contributed by atoms with van der Waals surface area (Å²) in [4.78, 5) is 2.69. The summed E-state index contributed by atoms with van der Waals surface area (Å²) >= 11 is 0. The van der Waals surface area contributed by atoms with Crippen molar-refractivity contribution >= 4 is 0 Å². The third kappa shape index (κ3) is 6.67. The molecule has 0 amide bonds. The molecule has 3 rings (SSSR count). The van der Waals surface area contributed by atoms with Crippen LogP contribution in [0.15, 0.2) is 54.6 Å². The van der Waals surface area contributed by atoms with Crippen LogP contribution in [0.1, 0.15) is 81.4 Å². The lowest BCUT2D eigenvalue weighted by Crippen LogP contribution is -2.37. The van der Waals surface area contributed by atoms with Gasteiger partial charge in [0.2, 0.25) is 0 Å². The number of aryl methyl sites for hydroxylation is 1. The van der Waals surface area contributed by atoms with E-state index in [1.165, 1.54) is 48.9 Å². The zero-order valence-electron chi connectivity index (χ0n) is 19.0. The van der Waals surface area contributed by atoms with E-state index in [1.807, 2.05) is 0 Å². The van der Waals surface area contributed by atoms with Gasteiger partial charge in [-0.1, -0.05) is 81.3 Å². The number of hydrogen-bond acceptors (Lipinski definition) is 1. The zero-order chi connectivity index (χ0) is 21.2. The highest BCUT2D eigenvalue weighted by Gasteiger charge is 2.26. The van der Waals surface area contributed by atoms with Crippen molar-refractivity contribution in [3.63, 3.8) is 0 Å². The summed E-state index contributed by atoms with van der Waals surface area (Å²) in [6.07, 6.45) is 9.12. The maximum absolute atomic E-state index is 14.3. The molecule has 0 aromatic heterocycles. The van der Waals surface area contributed by atoms with Crippen LogP contribution in [0, 0.1) is 0 Å². The molecule has 0 N–H and O–H groups in total. The van der Waals surface area contributed by atoms with E-state index in [9.17, 15) is 4.39 Å². The van der Waals surface area contributed by atoms with Crippen LogP contribution in [0.25, 0.3) is 0 Å². The highest BCUT2D eigenvalue weighted by Crippen LogP contribution is 2.35. The lowest BCUT2D eigenvalue weighted by Gasteiger charge is -2.31. The summed E-state index contributed by atoms with van der Waals surface area (Å²) in [5.41, 5.74) is 4.02. The topological polar surface area (TPSA) is 3.24 Å². The second-order valence-electron chi connectivity index (χ2n) is 9.02. The van der Waals surface area contributed by atoms with Gasteiger partial charge in [-0.15, -0.1) is 0 Å². The molecule has 0 bridgehead atoms. The molecule has 0 aliphatic heterocycles. The van der Waals surface area contributed by atoms with Crippen LogP contribution < -0.4 is 0 Å². The van der Waals surface area contributed by atoms with Crippen molar-refractivity contribution in [1.82, 2.24) is 4.90 Å². The summed E-state index contributed by atoms with van der Waals surface area (Å²) in [5, 5.41) is 0. The molecular weight excluding hydrogens is 369 g/mol. The van der Waals surface area contributed by atoms with Crippen molar-refractivity contribution in [2.75, 3.05) is 13.1 Å². The molecule has 0 saturated heterocycles. The van der Waals surface area contributed by atoms with Gasteiger partial charge >= 0.3 is 0 Å². The molecule has 2 aromatic carbocycles.